The van der Waals surface area contributed by atoms with Gasteiger partial charge in [-0.15, -0.1) is 5.10 Å². The number of carbonyl (C=O) groups is 1. The summed E-state index contributed by atoms with van der Waals surface area (Å²) in [5.41, 5.74) is 4.14. The highest BCUT2D eigenvalue weighted by Gasteiger charge is 2.36. The average Bonchev–Trinajstić information content (AvgIpc) is 3.11. The highest BCUT2D eigenvalue weighted by atomic mass is 32.2. The first-order chi connectivity index (χ1) is 13.2. The minimum Gasteiger partial charge on any atom is -0.372 e. The molecule has 7 heteroatoms. The second-order valence-corrected chi connectivity index (χ2v) is 7.60. The number of fused-ring (bicyclic) bond motifs is 1. The number of benzene rings is 1. The van der Waals surface area contributed by atoms with Gasteiger partial charge in [0.25, 0.3) is 0 Å². The molecule has 1 aromatic carbocycles. The lowest BCUT2D eigenvalue weighted by molar-refractivity contribution is -0.116. The maximum absolute atomic E-state index is 12.8. The number of anilines is 2. The fourth-order valence-corrected chi connectivity index (χ4v) is 4.33. The number of nitrogens with zero attached hydrogens (tertiary/aromatic N) is 4. The third-order valence-electron chi connectivity index (χ3n) is 5.37. The van der Waals surface area contributed by atoms with E-state index in [1.165, 1.54) is 17.4 Å². The molecule has 4 rings (SSSR count). The molecule has 142 valence electrons. The van der Waals surface area contributed by atoms with Crippen molar-refractivity contribution >= 4 is 29.2 Å². The van der Waals surface area contributed by atoms with Gasteiger partial charge in [0.1, 0.15) is 6.04 Å². The normalized spacial score (nSPS) is 18.8. The summed E-state index contributed by atoms with van der Waals surface area (Å²) in [4.78, 5) is 19.7. The maximum Gasteiger partial charge on any atom is 0.227 e. The maximum atomic E-state index is 12.8. The van der Waals surface area contributed by atoms with Gasteiger partial charge >= 0.3 is 0 Å². The fourth-order valence-electron chi connectivity index (χ4n) is 3.99. The Morgan fingerprint density at radius 3 is 2.63 bits per heavy atom. The van der Waals surface area contributed by atoms with Crippen LogP contribution in [0.15, 0.2) is 40.7 Å². The molecule has 27 heavy (non-hydrogen) atoms. The number of rotatable bonds is 5. The van der Waals surface area contributed by atoms with Gasteiger partial charge in [0.15, 0.2) is 5.78 Å². The molecule has 2 heterocycles. The molecular weight excluding hydrogens is 358 g/mol. The van der Waals surface area contributed by atoms with Gasteiger partial charge in [0.2, 0.25) is 11.1 Å². The highest BCUT2D eigenvalue weighted by Crippen LogP contribution is 2.40. The molecule has 0 radical (unpaired) electrons. The summed E-state index contributed by atoms with van der Waals surface area (Å²) >= 11 is 1.51. The lowest BCUT2D eigenvalue weighted by Crippen LogP contribution is -2.31. The molecule has 6 nitrogen and oxygen atoms in total. The number of aromatic nitrogens is 3. The van der Waals surface area contributed by atoms with Crippen LogP contribution in [0.2, 0.25) is 0 Å². The zero-order valence-corrected chi connectivity index (χ0v) is 16.8. The standard InChI is InChI=1S/C20H25N5OS/c1-4-24(5-2)14-11-9-13(10-12-14)18-17-15(7-6-8-16(17)26)21-19-22-20(27-3)23-25(18)19/h9-12,18H,4-8H2,1-3H3,(H,21,22,23)/t18-/m1/s1. The molecule has 0 bridgehead atoms. The van der Waals surface area contributed by atoms with Gasteiger partial charge in [0, 0.05) is 36.5 Å². The summed E-state index contributed by atoms with van der Waals surface area (Å²) in [6.07, 6.45) is 4.35. The van der Waals surface area contributed by atoms with Crippen molar-refractivity contribution in [2.24, 2.45) is 0 Å². The van der Waals surface area contributed by atoms with Gasteiger partial charge in [0.05, 0.1) is 0 Å². The van der Waals surface area contributed by atoms with Crippen LogP contribution in [0.3, 0.4) is 0 Å². The van der Waals surface area contributed by atoms with Gasteiger partial charge in [-0.25, -0.2) is 4.68 Å². The van der Waals surface area contributed by atoms with Crippen LogP contribution in [-0.2, 0) is 4.79 Å². The molecule has 0 spiro atoms. The Bertz CT molecular complexity index is 882. The Morgan fingerprint density at radius 1 is 1.22 bits per heavy atom. The molecule has 0 saturated carbocycles. The van der Waals surface area contributed by atoms with Gasteiger partial charge in [-0.05, 0) is 50.6 Å². The van der Waals surface area contributed by atoms with Crippen LogP contribution in [0.5, 0.6) is 0 Å². The van der Waals surface area contributed by atoms with Crippen LogP contribution in [0.25, 0.3) is 0 Å². The van der Waals surface area contributed by atoms with E-state index in [0.29, 0.717) is 6.42 Å². The summed E-state index contributed by atoms with van der Waals surface area (Å²) < 4.78 is 1.88. The first-order valence-corrected chi connectivity index (χ1v) is 10.8. The number of Topliss-reactive ketones (excluding diaryl/α,β-unsaturated/α-hetero) is 1. The quantitative estimate of drug-likeness (QED) is 0.791. The highest BCUT2D eigenvalue weighted by molar-refractivity contribution is 7.98. The van der Waals surface area contributed by atoms with Crippen LogP contribution >= 0.6 is 11.8 Å². The number of carbonyl (C=O) groups excluding carboxylic acids is 1. The Kier molecular flexibility index (Phi) is 4.95. The minimum absolute atomic E-state index is 0.205. The molecular formula is C20H25N5OS. The Balaban J connectivity index is 1.79. The van der Waals surface area contributed by atoms with E-state index in [4.69, 9.17) is 0 Å². The zero-order valence-electron chi connectivity index (χ0n) is 16.0. The summed E-state index contributed by atoms with van der Waals surface area (Å²) in [6, 6.07) is 8.33. The lowest BCUT2D eigenvalue weighted by Gasteiger charge is -2.32. The van der Waals surface area contributed by atoms with Crippen molar-refractivity contribution in [3.63, 3.8) is 0 Å². The predicted octanol–water partition coefficient (Wildman–Crippen LogP) is 3.87. The van der Waals surface area contributed by atoms with Crippen LogP contribution in [0.1, 0.15) is 44.7 Å². The Morgan fingerprint density at radius 2 is 1.96 bits per heavy atom. The van der Waals surface area contributed by atoms with Gasteiger partial charge in [-0.1, -0.05) is 23.9 Å². The molecule has 0 fully saturated rings. The van der Waals surface area contributed by atoms with E-state index in [-0.39, 0.29) is 11.8 Å². The first kappa shape index (κ1) is 18.1. The van der Waals surface area contributed by atoms with Crippen molar-refractivity contribution < 1.29 is 4.79 Å². The molecule has 1 aliphatic heterocycles. The molecule has 1 N–H and O–H groups in total. The number of allylic oxidation sites excluding steroid dienone is 2. The van der Waals surface area contributed by atoms with E-state index in [2.05, 4.69) is 58.4 Å². The van der Waals surface area contributed by atoms with E-state index in [1.54, 1.807) is 0 Å². The SMILES string of the molecule is CCN(CC)c1ccc([C@@H]2C3=C(CCCC3=O)Nc3nc(SC)nn32)cc1. The Labute approximate surface area is 164 Å². The van der Waals surface area contributed by atoms with Crippen molar-refractivity contribution in [1.82, 2.24) is 14.8 Å². The molecule has 1 atom stereocenters. The van der Waals surface area contributed by atoms with E-state index in [1.807, 2.05) is 10.9 Å². The van der Waals surface area contributed by atoms with Crippen LogP contribution in [-0.4, -0.2) is 39.9 Å². The predicted molar refractivity (Wildman–Crippen MR) is 109 cm³/mol. The summed E-state index contributed by atoms with van der Waals surface area (Å²) in [5, 5.41) is 8.73. The fraction of sp³-hybridized carbons (Fsp3) is 0.450. The molecule has 1 aromatic heterocycles. The average molecular weight is 384 g/mol. The Hall–Kier alpha value is -2.28. The largest absolute Gasteiger partial charge is 0.372 e. The topological polar surface area (TPSA) is 63.1 Å². The van der Waals surface area contributed by atoms with Crippen molar-refractivity contribution in [1.29, 1.82) is 0 Å². The minimum atomic E-state index is -0.205. The molecule has 0 saturated heterocycles. The smallest absolute Gasteiger partial charge is 0.227 e. The lowest BCUT2D eigenvalue weighted by atomic mass is 9.85. The van der Waals surface area contributed by atoms with Crippen LogP contribution in [0.4, 0.5) is 11.6 Å². The van der Waals surface area contributed by atoms with E-state index in [0.717, 1.165) is 53.9 Å². The van der Waals surface area contributed by atoms with Crippen molar-refractivity contribution in [3.8, 4) is 0 Å². The second kappa shape index (κ2) is 7.38. The third kappa shape index (κ3) is 3.14. The second-order valence-electron chi connectivity index (χ2n) is 6.83. The van der Waals surface area contributed by atoms with Crippen molar-refractivity contribution in [2.75, 3.05) is 29.6 Å². The number of ketones is 1. The summed E-state index contributed by atoms with van der Waals surface area (Å²) in [5.74, 6) is 0.944. The molecule has 0 unspecified atom stereocenters. The molecule has 0 amide bonds. The first-order valence-electron chi connectivity index (χ1n) is 9.55. The van der Waals surface area contributed by atoms with Gasteiger partial charge in [-0.3, -0.25) is 4.79 Å². The van der Waals surface area contributed by atoms with Crippen molar-refractivity contribution in [3.05, 3.63) is 41.1 Å². The number of hydrogen-bond donors (Lipinski definition) is 1. The number of hydrogen-bond acceptors (Lipinski definition) is 6. The van der Waals surface area contributed by atoms with Crippen LogP contribution in [0, 0.1) is 0 Å². The van der Waals surface area contributed by atoms with Gasteiger partial charge < -0.3 is 10.2 Å². The molecule has 1 aliphatic carbocycles. The third-order valence-corrected chi connectivity index (χ3v) is 5.91. The van der Waals surface area contributed by atoms with E-state index < -0.39 is 0 Å². The molecule has 2 aliphatic rings. The van der Waals surface area contributed by atoms with E-state index >= 15 is 0 Å². The molecule has 2 aromatic rings. The number of nitrogens with one attached hydrogen (secondary N) is 1. The van der Waals surface area contributed by atoms with E-state index in [9.17, 15) is 4.79 Å². The summed E-state index contributed by atoms with van der Waals surface area (Å²) in [6.45, 7) is 6.27. The van der Waals surface area contributed by atoms with Crippen LogP contribution < -0.4 is 10.2 Å². The zero-order chi connectivity index (χ0) is 19.0. The number of thioether (sulfide) groups is 1. The summed E-state index contributed by atoms with van der Waals surface area (Å²) in [7, 11) is 0. The van der Waals surface area contributed by atoms with Crippen molar-refractivity contribution in [2.45, 2.75) is 44.3 Å². The van der Waals surface area contributed by atoms with Gasteiger partial charge in [-0.2, -0.15) is 4.98 Å². The monoisotopic (exact) mass is 383 g/mol.